The standard InChI is InChI=1S/C22H15ClF3N5O2.C14H13N5O/c1-31-11-14(10-29-31)19-9-20(28-12-27-19)33-16-4-2-3-15(8-16)30-21(32)13-5-6-18(23)17(7-13)22(24,25)26;1-19-8-10(7-18-19)13-6-14(17-9-16-13)20-12-4-2-3-11(15)5-12/h2-12H,1H3,(H,30,32);2-9H,15H2,1H3. The van der Waals surface area contributed by atoms with Gasteiger partial charge < -0.3 is 20.5 Å². The Morgan fingerprint density at radius 1 is 0.755 bits per heavy atom. The second kappa shape index (κ2) is 15.6. The van der Waals surface area contributed by atoms with Crippen LogP contribution in [0.3, 0.4) is 0 Å². The maximum atomic E-state index is 13.1. The number of aryl methyl sites for hydroxylation is 2. The van der Waals surface area contributed by atoms with Crippen LogP contribution in [0.4, 0.5) is 24.5 Å². The number of carbonyl (C=O) groups excluding carboxylic acids is 1. The maximum Gasteiger partial charge on any atom is 0.417 e. The number of ether oxygens (including phenoxy) is 2. The van der Waals surface area contributed by atoms with Crippen molar-refractivity contribution in [3.05, 3.63) is 132 Å². The third-order valence-corrected chi connectivity index (χ3v) is 7.54. The number of amides is 1. The Morgan fingerprint density at radius 3 is 1.85 bits per heavy atom. The summed E-state index contributed by atoms with van der Waals surface area (Å²) in [6, 6.07) is 19.9. The highest BCUT2D eigenvalue weighted by molar-refractivity contribution is 6.31. The van der Waals surface area contributed by atoms with Crippen molar-refractivity contribution < 1.29 is 27.4 Å². The zero-order valence-electron chi connectivity index (χ0n) is 27.9. The maximum absolute atomic E-state index is 13.1. The summed E-state index contributed by atoms with van der Waals surface area (Å²) < 4.78 is 54.0. The molecule has 13 nitrogen and oxygen atoms in total. The van der Waals surface area contributed by atoms with Gasteiger partial charge in [-0.2, -0.15) is 23.4 Å². The molecule has 268 valence electrons. The fourth-order valence-electron chi connectivity index (χ4n) is 4.76. The van der Waals surface area contributed by atoms with Crippen molar-refractivity contribution >= 4 is 28.9 Å². The van der Waals surface area contributed by atoms with E-state index in [0.29, 0.717) is 40.5 Å². The molecule has 17 heteroatoms. The molecule has 3 aromatic carbocycles. The van der Waals surface area contributed by atoms with E-state index >= 15 is 0 Å². The summed E-state index contributed by atoms with van der Waals surface area (Å²) in [5.74, 6) is 0.996. The Morgan fingerprint density at radius 2 is 1.32 bits per heavy atom. The van der Waals surface area contributed by atoms with E-state index in [4.69, 9.17) is 26.8 Å². The van der Waals surface area contributed by atoms with Gasteiger partial charge in [-0.3, -0.25) is 14.2 Å². The average molecular weight is 741 g/mol. The Hall–Kier alpha value is -6.81. The van der Waals surface area contributed by atoms with Crippen LogP contribution in [0, 0.1) is 0 Å². The topological polar surface area (TPSA) is 161 Å². The SMILES string of the molecule is Cn1cc(-c2cc(Oc3cccc(N)c3)ncn2)cn1.Cn1cc(-c2cc(Oc3cccc(NC(=O)c4ccc(Cl)c(C(F)(F)F)c4)c3)ncn2)cn1. The molecule has 0 saturated heterocycles. The van der Waals surface area contributed by atoms with Crippen molar-refractivity contribution in [1.29, 1.82) is 0 Å². The third-order valence-electron chi connectivity index (χ3n) is 7.21. The normalized spacial score (nSPS) is 11.0. The van der Waals surface area contributed by atoms with Crippen LogP contribution < -0.4 is 20.5 Å². The minimum atomic E-state index is -4.67. The molecule has 0 aliphatic rings. The summed E-state index contributed by atoms with van der Waals surface area (Å²) in [6.07, 6.45) is 5.21. The van der Waals surface area contributed by atoms with Crippen LogP contribution in [0.25, 0.3) is 22.5 Å². The van der Waals surface area contributed by atoms with Crippen LogP contribution in [0.2, 0.25) is 5.02 Å². The van der Waals surface area contributed by atoms with E-state index in [1.54, 1.807) is 77.5 Å². The van der Waals surface area contributed by atoms with Crippen molar-refractivity contribution in [2.24, 2.45) is 14.1 Å². The van der Waals surface area contributed by atoms with Gasteiger partial charge in [0.25, 0.3) is 5.91 Å². The van der Waals surface area contributed by atoms with Gasteiger partial charge in [-0.1, -0.05) is 23.7 Å². The number of anilines is 2. The predicted molar refractivity (Wildman–Crippen MR) is 190 cm³/mol. The molecule has 0 aliphatic carbocycles. The number of benzene rings is 3. The smallest absolute Gasteiger partial charge is 0.417 e. The van der Waals surface area contributed by atoms with Crippen LogP contribution in [-0.2, 0) is 20.3 Å². The Labute approximate surface area is 304 Å². The molecule has 0 fully saturated rings. The minimum Gasteiger partial charge on any atom is -0.439 e. The minimum absolute atomic E-state index is 0.185. The molecule has 7 rings (SSSR count). The zero-order valence-corrected chi connectivity index (χ0v) is 28.6. The number of rotatable bonds is 8. The van der Waals surface area contributed by atoms with Gasteiger partial charge in [0, 0.05) is 78.8 Å². The number of nitrogens with zero attached hydrogens (tertiary/aromatic N) is 8. The lowest BCUT2D eigenvalue weighted by Crippen LogP contribution is -2.14. The van der Waals surface area contributed by atoms with Gasteiger partial charge in [0.05, 0.1) is 34.4 Å². The largest absolute Gasteiger partial charge is 0.439 e. The molecule has 4 heterocycles. The van der Waals surface area contributed by atoms with Crippen molar-refractivity contribution in [3.63, 3.8) is 0 Å². The quantitative estimate of drug-likeness (QED) is 0.147. The first-order valence-corrected chi connectivity index (χ1v) is 15.9. The number of aromatic nitrogens is 8. The third kappa shape index (κ3) is 9.50. The van der Waals surface area contributed by atoms with E-state index in [-0.39, 0.29) is 11.4 Å². The van der Waals surface area contributed by atoms with E-state index < -0.39 is 22.7 Å². The Balaban J connectivity index is 0.000000204. The summed E-state index contributed by atoms with van der Waals surface area (Å²) >= 11 is 5.61. The van der Waals surface area contributed by atoms with E-state index in [0.717, 1.165) is 22.9 Å². The van der Waals surface area contributed by atoms with Gasteiger partial charge in [0.2, 0.25) is 11.8 Å². The van der Waals surface area contributed by atoms with E-state index in [1.807, 2.05) is 25.4 Å². The first-order valence-electron chi connectivity index (χ1n) is 15.5. The fraction of sp³-hybridized carbons (Fsp3) is 0.0833. The predicted octanol–water partition coefficient (Wildman–Crippen LogP) is 7.85. The molecule has 0 spiro atoms. The van der Waals surface area contributed by atoms with Crippen LogP contribution >= 0.6 is 11.6 Å². The summed E-state index contributed by atoms with van der Waals surface area (Å²) in [5.41, 5.74) is 8.47. The summed E-state index contributed by atoms with van der Waals surface area (Å²) in [5, 5.41) is 10.3. The van der Waals surface area contributed by atoms with E-state index in [1.165, 1.54) is 24.8 Å². The zero-order chi connectivity index (χ0) is 37.5. The monoisotopic (exact) mass is 740 g/mol. The molecule has 0 saturated carbocycles. The lowest BCUT2D eigenvalue weighted by molar-refractivity contribution is -0.137. The van der Waals surface area contributed by atoms with E-state index in [9.17, 15) is 18.0 Å². The highest BCUT2D eigenvalue weighted by Crippen LogP contribution is 2.35. The van der Waals surface area contributed by atoms with Crippen LogP contribution in [0.15, 0.2) is 116 Å². The summed E-state index contributed by atoms with van der Waals surface area (Å²) in [7, 11) is 3.64. The molecule has 0 radical (unpaired) electrons. The van der Waals surface area contributed by atoms with E-state index in [2.05, 4.69) is 35.5 Å². The number of halogens is 4. The number of nitrogen functional groups attached to an aromatic ring is 1. The lowest BCUT2D eigenvalue weighted by atomic mass is 10.1. The number of nitrogens with one attached hydrogen (secondary N) is 1. The molecule has 53 heavy (non-hydrogen) atoms. The lowest BCUT2D eigenvalue weighted by Gasteiger charge is -2.12. The van der Waals surface area contributed by atoms with Gasteiger partial charge >= 0.3 is 6.18 Å². The number of nitrogens with two attached hydrogens (primary N) is 1. The highest BCUT2D eigenvalue weighted by Gasteiger charge is 2.33. The highest BCUT2D eigenvalue weighted by atomic mass is 35.5. The van der Waals surface area contributed by atoms with Gasteiger partial charge in [0.1, 0.15) is 24.2 Å². The second-order valence-electron chi connectivity index (χ2n) is 11.2. The molecule has 1 amide bonds. The van der Waals surface area contributed by atoms with Crippen molar-refractivity contribution in [1.82, 2.24) is 39.5 Å². The van der Waals surface area contributed by atoms with Crippen molar-refractivity contribution in [3.8, 4) is 45.8 Å². The molecule has 7 aromatic rings. The molecular formula is C36H28ClF3N10O3. The first kappa shape index (κ1) is 36.0. The number of carbonyl (C=O) groups is 1. The number of hydrogen-bond donors (Lipinski definition) is 2. The summed E-state index contributed by atoms with van der Waals surface area (Å²) in [4.78, 5) is 29.1. The molecule has 0 unspecified atom stereocenters. The number of alkyl halides is 3. The van der Waals surface area contributed by atoms with Gasteiger partial charge in [-0.25, -0.2) is 19.9 Å². The molecule has 3 N–H and O–H groups in total. The van der Waals surface area contributed by atoms with Gasteiger partial charge in [-0.05, 0) is 42.5 Å². The summed E-state index contributed by atoms with van der Waals surface area (Å²) in [6.45, 7) is 0. The van der Waals surface area contributed by atoms with Crippen LogP contribution in [0.5, 0.6) is 23.3 Å². The molecule has 0 atom stereocenters. The van der Waals surface area contributed by atoms with Crippen molar-refractivity contribution in [2.45, 2.75) is 6.18 Å². The average Bonchev–Trinajstić information content (AvgIpc) is 3.77. The van der Waals surface area contributed by atoms with Crippen molar-refractivity contribution in [2.75, 3.05) is 11.1 Å². The van der Waals surface area contributed by atoms with Gasteiger partial charge in [-0.15, -0.1) is 0 Å². The molecule has 0 aliphatic heterocycles. The van der Waals surface area contributed by atoms with Crippen LogP contribution in [-0.4, -0.2) is 45.4 Å². The number of hydrogen-bond acceptors (Lipinski definition) is 10. The first-order chi connectivity index (χ1) is 25.4. The molecule has 0 bridgehead atoms. The fourth-order valence-corrected chi connectivity index (χ4v) is 4.98. The van der Waals surface area contributed by atoms with Gasteiger partial charge in [0.15, 0.2) is 0 Å². The Bertz CT molecular complexity index is 2380. The Kier molecular flexibility index (Phi) is 10.6. The molecule has 4 aromatic heterocycles. The van der Waals surface area contributed by atoms with Crippen LogP contribution in [0.1, 0.15) is 15.9 Å². The molecular weight excluding hydrogens is 713 g/mol. The second-order valence-corrected chi connectivity index (χ2v) is 11.6.